The molecule has 2 aliphatic rings. The molecule has 0 unspecified atom stereocenters. The van der Waals surface area contributed by atoms with Crippen LogP contribution in [-0.4, -0.2) is 26.1 Å². The van der Waals surface area contributed by atoms with E-state index in [1.54, 1.807) is 34.8 Å². The molecule has 1 N–H and O–H groups in total. The summed E-state index contributed by atoms with van der Waals surface area (Å²) in [4.78, 5) is 13.7. The number of carboxylic acids is 1. The van der Waals surface area contributed by atoms with Gasteiger partial charge in [0, 0.05) is 10.1 Å². The molecule has 152 valence electrons. The maximum atomic E-state index is 13.3. The van der Waals surface area contributed by atoms with Crippen molar-refractivity contribution in [2.75, 3.05) is 0 Å². The molecule has 1 heterocycles. The zero-order valence-electron chi connectivity index (χ0n) is 16.3. The first-order valence-electron chi connectivity index (χ1n) is 10.0. The van der Waals surface area contributed by atoms with Crippen molar-refractivity contribution in [3.8, 4) is 5.69 Å². The number of carboxylic acid groups (broad SMARTS) is 1. The van der Waals surface area contributed by atoms with Crippen molar-refractivity contribution < 1.29 is 14.3 Å². The fourth-order valence-electron chi connectivity index (χ4n) is 4.63. The second kappa shape index (κ2) is 7.43. The Bertz CT molecular complexity index is 1120. The summed E-state index contributed by atoms with van der Waals surface area (Å²) in [6.45, 7) is 0. The number of fused-ring (bicyclic) bond motifs is 2. The van der Waals surface area contributed by atoms with Crippen LogP contribution in [0.1, 0.15) is 30.5 Å². The lowest BCUT2D eigenvalue weighted by Gasteiger charge is -2.41. The molecule has 0 aliphatic heterocycles. The molecule has 5 rings (SSSR count). The fraction of sp³-hybridized carbons (Fsp3) is 0.250. The highest BCUT2D eigenvalue weighted by Gasteiger charge is 2.49. The zero-order chi connectivity index (χ0) is 20.7. The first kappa shape index (κ1) is 19.1. The van der Waals surface area contributed by atoms with Crippen molar-refractivity contribution in [2.24, 2.45) is 5.41 Å². The van der Waals surface area contributed by atoms with E-state index in [0.29, 0.717) is 12.8 Å². The molecule has 4 nitrogen and oxygen atoms in total. The third kappa shape index (κ3) is 3.25. The predicted octanol–water partition coefficient (Wildman–Crippen LogP) is 5.37. The monoisotopic (exact) mass is 420 g/mol. The number of nitrogens with zero attached hydrogens (tertiary/aromatic N) is 2. The Balaban J connectivity index is 1.48. The van der Waals surface area contributed by atoms with E-state index >= 15 is 0 Å². The molecule has 1 fully saturated rings. The van der Waals surface area contributed by atoms with E-state index in [0.717, 1.165) is 35.4 Å². The van der Waals surface area contributed by atoms with Gasteiger partial charge < -0.3 is 5.11 Å². The smallest absolute Gasteiger partial charge is 0.314 e. The van der Waals surface area contributed by atoms with Crippen LogP contribution in [0.3, 0.4) is 0 Å². The second-order valence-electron chi connectivity index (χ2n) is 7.97. The normalized spacial score (nSPS) is 22.7. The molecule has 1 saturated carbocycles. The van der Waals surface area contributed by atoms with E-state index in [-0.39, 0.29) is 11.1 Å². The van der Waals surface area contributed by atoms with Crippen LogP contribution >= 0.6 is 11.8 Å². The number of aromatic nitrogens is 2. The lowest BCUT2D eigenvalue weighted by molar-refractivity contribution is -0.147. The van der Waals surface area contributed by atoms with Crippen LogP contribution in [0.15, 0.2) is 71.3 Å². The van der Waals surface area contributed by atoms with E-state index in [1.807, 2.05) is 24.3 Å². The van der Waals surface area contributed by atoms with Crippen LogP contribution in [0.2, 0.25) is 0 Å². The molecule has 0 amide bonds. The molecule has 0 bridgehead atoms. The minimum atomic E-state index is -0.881. The Kier molecular flexibility index (Phi) is 4.74. The first-order chi connectivity index (χ1) is 14.5. The standard InChI is InChI=1S/C24H21FN2O2S/c25-18-7-9-19(10-8-18)27-22-12-17-6-11-21(30-20-4-2-1-3-5-20)14-24(17,23(28)29)13-16(22)15-26-27/h1-5,7-10,12,15,21H,6,11,13-14H2,(H,28,29)/t21-,24+/m1/s1. The largest absolute Gasteiger partial charge is 0.481 e. The molecular weight excluding hydrogens is 399 g/mol. The Morgan fingerprint density at radius 3 is 2.67 bits per heavy atom. The maximum Gasteiger partial charge on any atom is 0.314 e. The molecule has 1 aromatic heterocycles. The molecule has 0 saturated heterocycles. The van der Waals surface area contributed by atoms with Crippen molar-refractivity contribution in [3.63, 3.8) is 0 Å². The van der Waals surface area contributed by atoms with Gasteiger partial charge in [0.2, 0.25) is 0 Å². The van der Waals surface area contributed by atoms with Gasteiger partial charge in [-0.15, -0.1) is 11.8 Å². The Morgan fingerprint density at radius 1 is 1.17 bits per heavy atom. The lowest BCUT2D eigenvalue weighted by atomic mass is 9.64. The van der Waals surface area contributed by atoms with Gasteiger partial charge in [-0.2, -0.15) is 5.10 Å². The summed E-state index contributed by atoms with van der Waals surface area (Å²) in [7, 11) is 0. The van der Waals surface area contributed by atoms with E-state index in [2.05, 4.69) is 17.2 Å². The van der Waals surface area contributed by atoms with Gasteiger partial charge in [0.15, 0.2) is 0 Å². The van der Waals surface area contributed by atoms with Gasteiger partial charge in [0.25, 0.3) is 0 Å². The number of aliphatic carboxylic acids is 1. The minimum Gasteiger partial charge on any atom is -0.481 e. The first-order valence-corrected chi connectivity index (χ1v) is 10.9. The van der Waals surface area contributed by atoms with E-state index < -0.39 is 11.4 Å². The fourth-order valence-corrected chi connectivity index (χ4v) is 5.93. The predicted molar refractivity (Wildman–Crippen MR) is 115 cm³/mol. The van der Waals surface area contributed by atoms with Gasteiger partial charge in [0.1, 0.15) is 5.82 Å². The van der Waals surface area contributed by atoms with Crippen molar-refractivity contribution >= 4 is 23.8 Å². The molecule has 0 radical (unpaired) electrons. The number of hydrogen-bond acceptors (Lipinski definition) is 3. The summed E-state index contributed by atoms with van der Waals surface area (Å²) in [6.07, 6.45) is 6.51. The highest BCUT2D eigenvalue weighted by molar-refractivity contribution is 8.00. The van der Waals surface area contributed by atoms with Crippen LogP contribution in [0.4, 0.5) is 4.39 Å². The van der Waals surface area contributed by atoms with Crippen molar-refractivity contribution in [1.82, 2.24) is 9.78 Å². The second-order valence-corrected chi connectivity index (χ2v) is 9.35. The van der Waals surface area contributed by atoms with Crippen molar-refractivity contribution in [3.05, 3.63) is 83.4 Å². The molecule has 3 aromatic rings. The average molecular weight is 421 g/mol. The van der Waals surface area contributed by atoms with Gasteiger partial charge in [-0.25, -0.2) is 9.07 Å². The third-order valence-electron chi connectivity index (χ3n) is 6.14. The highest BCUT2D eigenvalue weighted by Crippen LogP contribution is 2.51. The van der Waals surface area contributed by atoms with E-state index in [9.17, 15) is 14.3 Å². The maximum absolute atomic E-state index is 13.3. The van der Waals surface area contributed by atoms with Crippen LogP contribution in [0, 0.1) is 11.2 Å². The van der Waals surface area contributed by atoms with Gasteiger partial charge in [-0.05, 0) is 73.7 Å². The molecular formula is C24H21FN2O2S. The van der Waals surface area contributed by atoms with Crippen LogP contribution in [0.25, 0.3) is 11.8 Å². The summed E-state index contributed by atoms with van der Waals surface area (Å²) < 4.78 is 15.1. The molecule has 6 heteroatoms. The van der Waals surface area contributed by atoms with E-state index in [1.165, 1.54) is 17.0 Å². The number of thioether (sulfide) groups is 1. The summed E-state index contributed by atoms with van der Waals surface area (Å²) in [6, 6.07) is 16.4. The van der Waals surface area contributed by atoms with Crippen LogP contribution in [0.5, 0.6) is 0 Å². The van der Waals surface area contributed by atoms with Crippen LogP contribution in [-0.2, 0) is 11.2 Å². The van der Waals surface area contributed by atoms with Gasteiger partial charge in [-0.1, -0.05) is 23.8 Å². The zero-order valence-corrected chi connectivity index (χ0v) is 17.1. The number of rotatable bonds is 4. The number of halogens is 1. The molecule has 2 aliphatic carbocycles. The quantitative estimate of drug-likeness (QED) is 0.617. The Labute approximate surface area is 178 Å². The van der Waals surface area contributed by atoms with Crippen molar-refractivity contribution in [2.45, 2.75) is 35.8 Å². The average Bonchev–Trinajstić information content (AvgIpc) is 3.15. The molecule has 30 heavy (non-hydrogen) atoms. The SMILES string of the molecule is O=C(O)[C@]12Cc3cnn(-c4ccc(F)cc4)c3C=C1CC[C@@H](Sc1ccccc1)C2. The lowest BCUT2D eigenvalue weighted by Crippen LogP contribution is -2.42. The summed E-state index contributed by atoms with van der Waals surface area (Å²) in [5, 5.41) is 15.0. The van der Waals surface area contributed by atoms with Gasteiger partial charge in [-0.3, -0.25) is 4.79 Å². The summed E-state index contributed by atoms with van der Waals surface area (Å²) in [5.41, 5.74) is 2.69. The highest BCUT2D eigenvalue weighted by atomic mass is 32.2. The van der Waals surface area contributed by atoms with E-state index in [4.69, 9.17) is 0 Å². The third-order valence-corrected chi connectivity index (χ3v) is 7.42. The molecule has 0 spiro atoms. The topological polar surface area (TPSA) is 55.1 Å². The Hall–Kier alpha value is -2.86. The van der Waals surface area contributed by atoms with Gasteiger partial charge >= 0.3 is 5.97 Å². The van der Waals surface area contributed by atoms with Gasteiger partial charge in [0.05, 0.1) is 23.0 Å². The number of hydrogen-bond donors (Lipinski definition) is 1. The Morgan fingerprint density at radius 2 is 1.93 bits per heavy atom. The minimum absolute atomic E-state index is 0.259. The number of carbonyl (C=O) groups is 1. The van der Waals surface area contributed by atoms with Crippen LogP contribution < -0.4 is 0 Å². The molecule has 2 atom stereocenters. The molecule has 2 aromatic carbocycles. The summed E-state index contributed by atoms with van der Waals surface area (Å²) in [5.74, 6) is -1.05. The summed E-state index contributed by atoms with van der Waals surface area (Å²) >= 11 is 1.77. The van der Waals surface area contributed by atoms with Crippen molar-refractivity contribution in [1.29, 1.82) is 0 Å². The number of benzene rings is 2.